The summed E-state index contributed by atoms with van der Waals surface area (Å²) in [4.78, 5) is 16.0. The monoisotopic (exact) mass is 384 g/mol. The molecule has 0 aliphatic carbocycles. The fourth-order valence-electron chi connectivity index (χ4n) is 2.04. The Morgan fingerprint density at radius 1 is 1.38 bits per heavy atom. The van der Waals surface area contributed by atoms with Crippen molar-refractivity contribution in [3.05, 3.63) is 34.6 Å². The summed E-state index contributed by atoms with van der Waals surface area (Å²) in [6.07, 6.45) is 1.24. The van der Waals surface area contributed by atoms with Crippen molar-refractivity contribution in [2.24, 2.45) is 10.2 Å². The molecule has 0 aliphatic heterocycles. The third kappa shape index (κ3) is 5.54. The Kier molecular flexibility index (Phi) is 6.26. The summed E-state index contributed by atoms with van der Waals surface area (Å²) in [5, 5.41) is 25.0. The SMILES string of the molecule is CCN(CCOS(=O)(=O)[O-])c1ccc(N=Nc2ncn[nH]2)cc1[N+](=O)[O-]. The van der Waals surface area contributed by atoms with Gasteiger partial charge in [0, 0.05) is 19.2 Å². The molecule has 1 N–H and O–H groups in total. The molecule has 140 valence electrons. The van der Waals surface area contributed by atoms with Crippen LogP contribution in [0.25, 0.3) is 0 Å². The highest BCUT2D eigenvalue weighted by Gasteiger charge is 2.19. The Morgan fingerprint density at radius 3 is 2.73 bits per heavy atom. The van der Waals surface area contributed by atoms with Crippen molar-refractivity contribution in [2.45, 2.75) is 6.92 Å². The summed E-state index contributed by atoms with van der Waals surface area (Å²) in [6.45, 7) is 1.58. The normalized spacial score (nSPS) is 11.8. The quantitative estimate of drug-likeness (QED) is 0.220. The second-order valence-corrected chi connectivity index (χ2v) is 5.80. The molecular weight excluding hydrogens is 370 g/mol. The molecule has 0 radical (unpaired) electrons. The van der Waals surface area contributed by atoms with Crippen LogP contribution in [-0.2, 0) is 14.6 Å². The van der Waals surface area contributed by atoms with Gasteiger partial charge in [-0.1, -0.05) is 0 Å². The molecule has 1 aromatic carbocycles. The lowest BCUT2D eigenvalue weighted by Gasteiger charge is -2.23. The van der Waals surface area contributed by atoms with Crippen molar-refractivity contribution >= 4 is 33.4 Å². The van der Waals surface area contributed by atoms with Crippen molar-refractivity contribution in [3.8, 4) is 0 Å². The predicted molar refractivity (Wildman–Crippen MR) is 87.2 cm³/mol. The first kappa shape index (κ1) is 19.4. The third-order valence-electron chi connectivity index (χ3n) is 3.13. The molecule has 0 saturated carbocycles. The molecule has 26 heavy (non-hydrogen) atoms. The first-order valence-corrected chi connectivity index (χ1v) is 8.54. The van der Waals surface area contributed by atoms with Crippen LogP contribution in [0.5, 0.6) is 0 Å². The van der Waals surface area contributed by atoms with Gasteiger partial charge in [-0.3, -0.25) is 14.3 Å². The molecule has 0 spiro atoms. The molecule has 1 heterocycles. The smallest absolute Gasteiger partial charge is 0.294 e. The zero-order chi connectivity index (χ0) is 19.2. The van der Waals surface area contributed by atoms with E-state index in [9.17, 15) is 23.1 Å². The molecule has 0 saturated heterocycles. The summed E-state index contributed by atoms with van der Waals surface area (Å²) >= 11 is 0. The first-order chi connectivity index (χ1) is 12.3. The van der Waals surface area contributed by atoms with E-state index in [1.165, 1.54) is 29.4 Å². The standard InChI is InChI=1S/C12H15N7O6S/c1-2-18(5-6-25-26(22,23)24)10-4-3-9(7-11(10)19(20)21)15-17-12-13-8-14-16-12/h3-4,7-8H,2,5-6H2,1H3,(H,13,14,16)(H,22,23,24)/p-1. The van der Waals surface area contributed by atoms with Gasteiger partial charge in [0.25, 0.3) is 11.6 Å². The highest BCUT2D eigenvalue weighted by molar-refractivity contribution is 7.80. The number of nitrogens with one attached hydrogen (secondary N) is 1. The maximum atomic E-state index is 11.4. The summed E-state index contributed by atoms with van der Waals surface area (Å²) < 4.78 is 35.6. The van der Waals surface area contributed by atoms with Crippen LogP contribution in [0, 0.1) is 10.1 Å². The van der Waals surface area contributed by atoms with E-state index in [1.54, 1.807) is 6.92 Å². The van der Waals surface area contributed by atoms with Gasteiger partial charge >= 0.3 is 0 Å². The lowest BCUT2D eigenvalue weighted by Crippen LogP contribution is -2.28. The van der Waals surface area contributed by atoms with Crippen molar-refractivity contribution in [1.82, 2.24) is 15.2 Å². The van der Waals surface area contributed by atoms with Gasteiger partial charge in [-0.25, -0.2) is 13.5 Å². The maximum Gasteiger partial charge on any atom is 0.294 e. The number of rotatable bonds is 9. The van der Waals surface area contributed by atoms with E-state index in [0.29, 0.717) is 6.54 Å². The second-order valence-electron chi connectivity index (χ2n) is 4.75. The molecular formula is C12H14N7O6S-. The summed E-state index contributed by atoms with van der Waals surface area (Å²) in [5.41, 5.74) is 0.181. The summed E-state index contributed by atoms with van der Waals surface area (Å²) in [6, 6.07) is 4.15. The summed E-state index contributed by atoms with van der Waals surface area (Å²) in [7, 11) is -4.82. The fraction of sp³-hybridized carbons (Fsp3) is 0.333. The molecule has 1 aromatic heterocycles. The molecule has 2 rings (SSSR count). The number of nitrogens with zero attached hydrogens (tertiary/aromatic N) is 6. The van der Waals surface area contributed by atoms with Crippen LogP contribution in [-0.4, -0.2) is 52.8 Å². The molecule has 0 bridgehead atoms. The topological polar surface area (TPSA) is 179 Å². The van der Waals surface area contributed by atoms with Crippen molar-refractivity contribution in [3.63, 3.8) is 0 Å². The third-order valence-corrected chi connectivity index (χ3v) is 3.58. The molecule has 0 amide bonds. The number of nitro benzene ring substituents is 1. The number of hydrogen-bond donors (Lipinski definition) is 1. The van der Waals surface area contributed by atoms with Crippen LogP contribution in [0.2, 0.25) is 0 Å². The first-order valence-electron chi connectivity index (χ1n) is 7.21. The fourth-order valence-corrected chi connectivity index (χ4v) is 2.32. The number of likely N-dealkylation sites (N-methyl/N-ethyl adjacent to an activating group) is 1. The van der Waals surface area contributed by atoms with E-state index in [0.717, 1.165) is 0 Å². The highest BCUT2D eigenvalue weighted by Crippen LogP contribution is 2.32. The number of nitro groups is 1. The Balaban J connectivity index is 2.22. The van der Waals surface area contributed by atoms with E-state index in [2.05, 4.69) is 29.6 Å². The minimum absolute atomic E-state index is 0.0300. The molecule has 0 fully saturated rings. The number of aromatic nitrogens is 3. The number of hydrogen-bond acceptors (Lipinski definition) is 11. The average molecular weight is 384 g/mol. The molecule has 13 nitrogen and oxygen atoms in total. The second kappa shape index (κ2) is 8.41. The molecule has 0 atom stereocenters. The van der Waals surface area contributed by atoms with Gasteiger partial charge in [0.15, 0.2) is 0 Å². The number of anilines is 1. The predicted octanol–water partition coefficient (Wildman–Crippen LogP) is 1.43. The zero-order valence-electron chi connectivity index (χ0n) is 13.5. The maximum absolute atomic E-state index is 11.4. The van der Waals surface area contributed by atoms with Gasteiger partial charge in [0.2, 0.25) is 10.4 Å². The van der Waals surface area contributed by atoms with E-state index in [1.807, 2.05) is 0 Å². The zero-order valence-corrected chi connectivity index (χ0v) is 14.3. The minimum Gasteiger partial charge on any atom is -0.726 e. The van der Waals surface area contributed by atoms with E-state index < -0.39 is 21.9 Å². The van der Waals surface area contributed by atoms with Gasteiger partial charge in [0.1, 0.15) is 12.0 Å². The van der Waals surface area contributed by atoms with E-state index in [4.69, 9.17) is 0 Å². The summed E-state index contributed by atoms with van der Waals surface area (Å²) in [5.74, 6) is 0.142. The van der Waals surface area contributed by atoms with Gasteiger partial charge < -0.3 is 9.45 Å². The lowest BCUT2D eigenvalue weighted by molar-refractivity contribution is -0.384. The van der Waals surface area contributed by atoms with Crippen LogP contribution >= 0.6 is 0 Å². The van der Waals surface area contributed by atoms with Crippen molar-refractivity contribution in [2.75, 3.05) is 24.6 Å². The van der Waals surface area contributed by atoms with E-state index >= 15 is 0 Å². The van der Waals surface area contributed by atoms with Crippen LogP contribution in [0.4, 0.5) is 23.0 Å². The Hall–Kier alpha value is -2.97. The van der Waals surface area contributed by atoms with Crippen LogP contribution in [0.15, 0.2) is 34.8 Å². The van der Waals surface area contributed by atoms with Gasteiger partial charge in [-0.2, -0.15) is 10.1 Å². The molecule has 14 heteroatoms. The minimum atomic E-state index is -4.82. The Bertz CT molecular complexity index is 883. The van der Waals surface area contributed by atoms with Crippen LogP contribution < -0.4 is 4.90 Å². The largest absolute Gasteiger partial charge is 0.726 e. The Labute approximate surface area is 147 Å². The number of H-pyrrole nitrogens is 1. The highest BCUT2D eigenvalue weighted by atomic mass is 32.3. The molecule has 0 aliphatic rings. The van der Waals surface area contributed by atoms with Crippen LogP contribution in [0.3, 0.4) is 0 Å². The van der Waals surface area contributed by atoms with Crippen LogP contribution in [0.1, 0.15) is 6.92 Å². The van der Waals surface area contributed by atoms with Crippen molar-refractivity contribution in [1.29, 1.82) is 0 Å². The molecule has 0 unspecified atom stereocenters. The Morgan fingerprint density at radius 2 is 2.15 bits per heavy atom. The average Bonchev–Trinajstić information content (AvgIpc) is 3.09. The lowest BCUT2D eigenvalue weighted by atomic mass is 10.2. The van der Waals surface area contributed by atoms with E-state index in [-0.39, 0.29) is 29.6 Å². The molecule has 2 aromatic rings. The number of azo groups is 1. The van der Waals surface area contributed by atoms with Gasteiger partial charge in [-0.15, -0.1) is 10.2 Å². The van der Waals surface area contributed by atoms with Crippen molar-refractivity contribution < 1.29 is 22.1 Å². The number of aromatic amines is 1. The van der Waals surface area contributed by atoms with Gasteiger partial charge in [-0.05, 0) is 19.1 Å². The van der Waals surface area contributed by atoms with Gasteiger partial charge in [0.05, 0.1) is 17.2 Å². The number of benzene rings is 1.